The van der Waals surface area contributed by atoms with Gasteiger partial charge in [0.2, 0.25) is 5.91 Å². The molecule has 0 radical (unpaired) electrons. The van der Waals surface area contributed by atoms with E-state index in [2.05, 4.69) is 10.3 Å². The van der Waals surface area contributed by atoms with E-state index in [1.54, 1.807) is 6.08 Å². The normalized spacial score (nSPS) is 24.7. The average molecular weight is 471 g/mol. The van der Waals surface area contributed by atoms with Gasteiger partial charge in [-0.05, 0) is 36.5 Å². The van der Waals surface area contributed by atoms with Crippen LogP contribution in [0, 0.1) is 0 Å². The average Bonchev–Trinajstić information content (AvgIpc) is 2.79. The Hall–Kier alpha value is -3.20. The molecule has 3 aliphatic heterocycles. The number of aliphatic carboxylic acids is 1. The quantitative estimate of drug-likeness (QED) is 0.648. The Bertz CT molecular complexity index is 986. The minimum Gasteiger partial charge on any atom is -0.477 e. The van der Waals surface area contributed by atoms with Gasteiger partial charge in [0, 0.05) is 12.2 Å². The predicted octanol–water partition coefficient (Wildman–Crippen LogP) is 2.48. The van der Waals surface area contributed by atoms with Gasteiger partial charge >= 0.3 is 11.9 Å². The molecule has 2 bridgehead atoms. The van der Waals surface area contributed by atoms with Crippen LogP contribution in [0.25, 0.3) is 0 Å². The monoisotopic (exact) mass is 470 g/mol. The van der Waals surface area contributed by atoms with Crippen molar-refractivity contribution < 1.29 is 29.0 Å². The fraction of sp³-hybridized carbons (Fsp3) is 0.375. The van der Waals surface area contributed by atoms with E-state index in [9.17, 15) is 24.3 Å². The Labute approximate surface area is 196 Å². The zero-order valence-electron chi connectivity index (χ0n) is 18.1. The Balaban J connectivity index is 1.86. The number of allylic oxidation sites excluding steroid dienone is 3. The molecule has 4 rings (SSSR count). The lowest BCUT2D eigenvalue weighted by atomic mass is 10.1. The van der Waals surface area contributed by atoms with Crippen LogP contribution in [-0.4, -0.2) is 58.2 Å². The number of carboxylic acids is 1. The first-order valence-corrected chi connectivity index (χ1v) is 11.8. The van der Waals surface area contributed by atoms with Crippen molar-refractivity contribution in [1.29, 1.82) is 0 Å². The number of fused-ring (bicyclic) bond motifs is 11. The van der Waals surface area contributed by atoms with Gasteiger partial charge in [-0.25, -0.2) is 9.59 Å². The molecule has 0 fully saturated rings. The van der Waals surface area contributed by atoms with Gasteiger partial charge < -0.3 is 15.2 Å². The molecule has 174 valence electrons. The standard InChI is InChI=1S/C24H26N2O6S/c27-18-11-5-2-6-13-32-24(31)21(25-19(28)14-16-8-3-1-4-9-16)22-26-20(23(29)30)17(15-33-22)10-7-12-18/h1,3-4,7-10,12,21-22H,2,5-6,11,13-15H2,(H,25,28)(H,29,30)/b12-7+,17-10+. The van der Waals surface area contributed by atoms with Crippen molar-refractivity contribution in [3.63, 3.8) is 0 Å². The van der Waals surface area contributed by atoms with Crippen LogP contribution < -0.4 is 5.32 Å². The van der Waals surface area contributed by atoms with Crippen LogP contribution in [0.3, 0.4) is 0 Å². The number of hydrogen-bond donors (Lipinski definition) is 2. The summed E-state index contributed by atoms with van der Waals surface area (Å²) in [6.07, 6.45) is 6.93. The lowest BCUT2D eigenvalue weighted by Crippen LogP contribution is -2.49. The molecule has 1 aromatic carbocycles. The molecular formula is C24H26N2O6S. The minimum atomic E-state index is -1.24. The lowest BCUT2D eigenvalue weighted by molar-refractivity contribution is -0.148. The Morgan fingerprint density at radius 3 is 2.70 bits per heavy atom. The largest absolute Gasteiger partial charge is 0.477 e. The number of ether oxygens (including phenoxy) is 1. The number of nitrogens with one attached hydrogen (secondary N) is 1. The SMILES string of the molecule is O=C1/C=C/C=C2\CSC(N=C2C(=O)O)C(NC(=O)Cc2ccccc2)C(=O)OCCCCC1. The maximum absolute atomic E-state index is 12.9. The molecule has 0 saturated carbocycles. The number of carboxylic acid groups (broad SMARTS) is 1. The molecule has 0 saturated heterocycles. The number of aliphatic imine (C=N–C) groups is 1. The fourth-order valence-electron chi connectivity index (χ4n) is 3.43. The highest BCUT2D eigenvalue weighted by atomic mass is 32.2. The second-order valence-corrected chi connectivity index (χ2v) is 8.79. The highest BCUT2D eigenvalue weighted by Gasteiger charge is 2.36. The summed E-state index contributed by atoms with van der Waals surface area (Å²) >= 11 is 1.24. The minimum absolute atomic E-state index is 0.0488. The van der Waals surface area contributed by atoms with Crippen molar-refractivity contribution in [3.05, 3.63) is 59.7 Å². The van der Waals surface area contributed by atoms with Crippen molar-refractivity contribution in [2.75, 3.05) is 12.4 Å². The number of rotatable bonds is 4. The molecular weight excluding hydrogens is 444 g/mol. The van der Waals surface area contributed by atoms with Gasteiger partial charge in [0.1, 0.15) is 11.1 Å². The summed E-state index contributed by atoms with van der Waals surface area (Å²) in [5.74, 6) is -2.07. The highest BCUT2D eigenvalue weighted by Crippen LogP contribution is 2.27. The summed E-state index contributed by atoms with van der Waals surface area (Å²) in [7, 11) is 0. The van der Waals surface area contributed by atoms with Crippen LogP contribution >= 0.6 is 11.8 Å². The maximum Gasteiger partial charge on any atom is 0.354 e. The van der Waals surface area contributed by atoms with Crippen LogP contribution in [0.5, 0.6) is 0 Å². The van der Waals surface area contributed by atoms with Crippen LogP contribution in [0.4, 0.5) is 0 Å². The summed E-state index contributed by atoms with van der Waals surface area (Å²) in [6, 6.07) is 7.98. The molecule has 0 spiro atoms. The van der Waals surface area contributed by atoms with Crippen molar-refractivity contribution in [3.8, 4) is 0 Å². The van der Waals surface area contributed by atoms with Gasteiger partial charge in [-0.15, -0.1) is 11.8 Å². The number of benzene rings is 1. The third kappa shape index (κ3) is 7.42. The van der Waals surface area contributed by atoms with Crippen molar-refractivity contribution >= 4 is 41.1 Å². The molecule has 2 N–H and O–H groups in total. The van der Waals surface area contributed by atoms with Gasteiger partial charge in [-0.2, -0.15) is 0 Å². The molecule has 3 heterocycles. The van der Waals surface area contributed by atoms with Crippen LogP contribution in [-0.2, 0) is 30.3 Å². The van der Waals surface area contributed by atoms with E-state index in [4.69, 9.17) is 4.74 Å². The number of thioether (sulfide) groups is 1. The number of nitrogens with zero attached hydrogens (tertiary/aromatic N) is 1. The highest BCUT2D eigenvalue weighted by molar-refractivity contribution is 8.00. The molecule has 2 unspecified atom stereocenters. The van der Waals surface area contributed by atoms with Crippen molar-refractivity contribution in [2.45, 2.75) is 43.5 Å². The molecule has 0 aromatic heterocycles. The molecule has 8 nitrogen and oxygen atoms in total. The molecule has 2 atom stereocenters. The van der Waals surface area contributed by atoms with E-state index in [0.29, 0.717) is 24.8 Å². The van der Waals surface area contributed by atoms with E-state index in [-0.39, 0.29) is 36.2 Å². The summed E-state index contributed by atoms with van der Waals surface area (Å²) in [5.41, 5.74) is 1.02. The van der Waals surface area contributed by atoms with Gasteiger partial charge in [-0.3, -0.25) is 14.6 Å². The summed E-state index contributed by atoms with van der Waals surface area (Å²) < 4.78 is 5.38. The topological polar surface area (TPSA) is 122 Å². The molecule has 0 aliphatic carbocycles. The second kappa shape index (κ2) is 12.2. The van der Waals surface area contributed by atoms with E-state index < -0.39 is 23.4 Å². The number of amides is 1. The smallest absolute Gasteiger partial charge is 0.354 e. The van der Waals surface area contributed by atoms with Crippen molar-refractivity contribution in [1.82, 2.24) is 5.32 Å². The first kappa shape index (κ1) is 24.4. The first-order valence-electron chi connectivity index (χ1n) is 10.8. The van der Waals surface area contributed by atoms with Crippen LogP contribution in [0.2, 0.25) is 0 Å². The van der Waals surface area contributed by atoms with E-state index in [1.165, 1.54) is 23.9 Å². The Morgan fingerprint density at radius 2 is 1.94 bits per heavy atom. The molecule has 3 aliphatic rings. The molecule has 1 amide bonds. The van der Waals surface area contributed by atoms with Crippen molar-refractivity contribution in [2.24, 2.45) is 4.99 Å². The molecule has 33 heavy (non-hydrogen) atoms. The second-order valence-electron chi connectivity index (χ2n) is 7.69. The number of esters is 1. The van der Waals surface area contributed by atoms with Gasteiger partial charge in [0.25, 0.3) is 0 Å². The number of carbonyl (C=O) groups excluding carboxylic acids is 3. The summed E-state index contributed by atoms with van der Waals surface area (Å²) in [5, 5.41) is 11.5. The summed E-state index contributed by atoms with van der Waals surface area (Å²) in [6.45, 7) is 0.145. The fourth-order valence-corrected chi connectivity index (χ4v) is 4.56. The van der Waals surface area contributed by atoms with E-state index in [0.717, 1.165) is 12.0 Å². The number of carbonyl (C=O) groups is 4. The van der Waals surface area contributed by atoms with Gasteiger partial charge in [0.15, 0.2) is 11.8 Å². The lowest BCUT2D eigenvalue weighted by Gasteiger charge is -2.27. The van der Waals surface area contributed by atoms with Crippen LogP contribution in [0.1, 0.15) is 31.2 Å². The van der Waals surface area contributed by atoms with Gasteiger partial charge in [-0.1, -0.05) is 42.5 Å². The Kier molecular flexibility index (Phi) is 9.00. The Morgan fingerprint density at radius 1 is 1.15 bits per heavy atom. The summed E-state index contributed by atoms with van der Waals surface area (Å²) in [4.78, 5) is 53.5. The molecule has 9 heteroatoms. The maximum atomic E-state index is 12.9. The predicted molar refractivity (Wildman–Crippen MR) is 125 cm³/mol. The number of hydrogen-bond acceptors (Lipinski definition) is 7. The first-order chi connectivity index (χ1) is 15.9. The number of ketones is 1. The zero-order chi connectivity index (χ0) is 23.6. The third-order valence-electron chi connectivity index (χ3n) is 5.13. The van der Waals surface area contributed by atoms with Gasteiger partial charge in [0.05, 0.1) is 13.0 Å². The molecule has 1 aromatic rings. The van der Waals surface area contributed by atoms with Crippen LogP contribution in [0.15, 0.2) is 59.1 Å². The zero-order valence-corrected chi connectivity index (χ0v) is 18.9. The third-order valence-corrected chi connectivity index (χ3v) is 6.32. The van der Waals surface area contributed by atoms with E-state index in [1.807, 2.05) is 30.3 Å². The van der Waals surface area contributed by atoms with E-state index >= 15 is 0 Å².